The number of thioether (sulfide) groups is 1. The van der Waals surface area contributed by atoms with E-state index in [2.05, 4.69) is 26.8 Å². The number of carbonyl (C=O) groups excluding carboxylic acids is 1. The molecule has 2 saturated heterocycles. The van der Waals surface area contributed by atoms with Crippen LogP contribution in [0.4, 0.5) is 21.7 Å². The number of hydrogen-bond acceptors (Lipinski definition) is 7. The molecule has 2 aliphatic heterocycles. The van der Waals surface area contributed by atoms with Crippen LogP contribution in [-0.4, -0.2) is 63.0 Å². The van der Waals surface area contributed by atoms with E-state index in [1.165, 1.54) is 18.2 Å². The van der Waals surface area contributed by atoms with Gasteiger partial charge in [-0.2, -0.15) is 16.7 Å². The number of nitrogens with one attached hydrogen (secondary N) is 1. The Bertz CT molecular complexity index is 1320. The zero-order valence-electron chi connectivity index (χ0n) is 19.3. The number of aryl methyl sites for hydroxylation is 1. The van der Waals surface area contributed by atoms with Crippen molar-refractivity contribution in [3.8, 4) is 0 Å². The third kappa shape index (κ3) is 5.02. The van der Waals surface area contributed by atoms with Crippen LogP contribution in [0.25, 0.3) is 11.0 Å². The highest BCUT2D eigenvalue weighted by Gasteiger charge is 2.29. The number of benzene rings is 1. The third-order valence-corrected chi connectivity index (χ3v) is 7.43. The number of rotatable bonds is 7. The summed E-state index contributed by atoms with van der Waals surface area (Å²) < 4.78 is 16.5. The molecule has 0 radical (unpaired) electrons. The molecule has 5 rings (SSSR count). The maximum absolute atomic E-state index is 14.8. The summed E-state index contributed by atoms with van der Waals surface area (Å²) in [6.45, 7) is 7.02. The molecule has 1 amide bonds. The first-order valence-corrected chi connectivity index (χ1v) is 12.8. The first kappa shape index (κ1) is 23.3. The zero-order chi connectivity index (χ0) is 24.4. The van der Waals surface area contributed by atoms with Crippen molar-refractivity contribution in [2.24, 2.45) is 5.92 Å². The Hall–Kier alpha value is -3.40. The number of hydrogen-bond donors (Lipinski definition) is 1. The maximum atomic E-state index is 14.8. The Morgan fingerprint density at radius 3 is 2.77 bits per heavy atom. The number of nitrogens with zero attached hydrogens (tertiary/aromatic N) is 5. The van der Waals surface area contributed by atoms with Gasteiger partial charge in [-0.05, 0) is 42.7 Å². The Balaban J connectivity index is 1.31. The van der Waals surface area contributed by atoms with Crippen LogP contribution in [0.5, 0.6) is 0 Å². The van der Waals surface area contributed by atoms with E-state index in [9.17, 15) is 14.0 Å². The van der Waals surface area contributed by atoms with Crippen LogP contribution in [-0.2, 0) is 11.3 Å². The molecule has 2 aromatic heterocycles. The quantitative estimate of drug-likeness (QED) is 0.505. The predicted octanol–water partition coefficient (Wildman–Crippen LogP) is 3.26. The van der Waals surface area contributed by atoms with Crippen LogP contribution in [0.1, 0.15) is 6.42 Å². The largest absolute Gasteiger partial charge is 0.368 e. The van der Waals surface area contributed by atoms with Gasteiger partial charge >= 0.3 is 0 Å². The lowest BCUT2D eigenvalue weighted by Crippen LogP contribution is -2.49. The molecular weight excluding hydrogens is 467 g/mol. The van der Waals surface area contributed by atoms with Crippen LogP contribution in [0, 0.1) is 11.7 Å². The van der Waals surface area contributed by atoms with E-state index in [0.717, 1.165) is 36.4 Å². The van der Waals surface area contributed by atoms with Gasteiger partial charge in [-0.15, -0.1) is 0 Å². The van der Waals surface area contributed by atoms with Crippen molar-refractivity contribution >= 4 is 46.0 Å². The molecule has 0 aliphatic carbocycles. The van der Waals surface area contributed by atoms with Crippen molar-refractivity contribution < 1.29 is 9.18 Å². The van der Waals surface area contributed by atoms with E-state index in [1.807, 2.05) is 17.8 Å². The van der Waals surface area contributed by atoms with Gasteiger partial charge < -0.3 is 15.1 Å². The predicted molar refractivity (Wildman–Crippen MR) is 138 cm³/mol. The van der Waals surface area contributed by atoms with Crippen LogP contribution in [0.3, 0.4) is 0 Å². The van der Waals surface area contributed by atoms with Gasteiger partial charge in [-0.3, -0.25) is 14.2 Å². The normalized spacial score (nSPS) is 16.3. The van der Waals surface area contributed by atoms with Crippen molar-refractivity contribution in [2.45, 2.75) is 13.0 Å². The first-order valence-electron chi connectivity index (χ1n) is 11.7. The molecule has 0 atom stereocenters. The number of pyridine rings is 1. The molecule has 0 bridgehead atoms. The van der Waals surface area contributed by atoms with Gasteiger partial charge in [0.1, 0.15) is 11.5 Å². The summed E-state index contributed by atoms with van der Waals surface area (Å²) in [5.74, 6) is 2.27. The minimum absolute atomic E-state index is 0.0635. The van der Waals surface area contributed by atoms with Gasteiger partial charge in [-0.1, -0.05) is 6.58 Å². The molecule has 0 saturated carbocycles. The molecule has 0 spiro atoms. The second-order valence-corrected chi connectivity index (χ2v) is 10.0. The highest BCUT2D eigenvalue weighted by molar-refractivity contribution is 7.99. The van der Waals surface area contributed by atoms with Gasteiger partial charge in [0.15, 0.2) is 0 Å². The Kier molecular flexibility index (Phi) is 6.72. The minimum atomic E-state index is -0.288. The van der Waals surface area contributed by atoms with Crippen LogP contribution < -0.4 is 15.8 Å². The summed E-state index contributed by atoms with van der Waals surface area (Å²) >= 11 is 1.88. The molecule has 1 N–H and O–H groups in total. The zero-order valence-corrected chi connectivity index (χ0v) is 20.1. The third-order valence-electron chi connectivity index (χ3n) is 6.48. The maximum Gasteiger partial charge on any atom is 0.252 e. The molecule has 35 heavy (non-hydrogen) atoms. The van der Waals surface area contributed by atoms with E-state index < -0.39 is 0 Å². The van der Waals surface area contributed by atoms with Crippen molar-refractivity contribution in [1.82, 2.24) is 19.4 Å². The van der Waals surface area contributed by atoms with E-state index >= 15 is 0 Å². The van der Waals surface area contributed by atoms with Gasteiger partial charge in [0.2, 0.25) is 11.9 Å². The standard InChI is InChI=1S/C25H27FN6O2S/c1-2-22(33)31-15-17(16-31)7-8-32-23(34)6-3-18-14-27-25(29-24(18)32)28-19-4-5-21(20(26)13-19)30-9-11-35-12-10-30/h2-6,13-14,17H,1,7-12,15-16H2,(H,27,28,29). The molecule has 1 aromatic carbocycles. The highest BCUT2D eigenvalue weighted by Crippen LogP contribution is 2.27. The van der Waals surface area contributed by atoms with Crippen LogP contribution in [0.2, 0.25) is 0 Å². The molecule has 2 fully saturated rings. The van der Waals surface area contributed by atoms with Gasteiger partial charge in [0, 0.05) is 67.6 Å². The number of likely N-dealkylation sites (tertiary alicyclic amines) is 1. The fraction of sp³-hybridized carbons (Fsp3) is 0.360. The fourth-order valence-corrected chi connectivity index (χ4v) is 5.40. The van der Waals surface area contributed by atoms with Crippen molar-refractivity contribution in [3.05, 3.63) is 65.4 Å². The lowest BCUT2D eigenvalue weighted by Gasteiger charge is -2.38. The minimum Gasteiger partial charge on any atom is -0.368 e. The number of aromatic nitrogens is 3. The number of amides is 1. The molecule has 182 valence electrons. The lowest BCUT2D eigenvalue weighted by atomic mass is 9.96. The van der Waals surface area contributed by atoms with Gasteiger partial charge in [-0.25, -0.2) is 9.37 Å². The summed E-state index contributed by atoms with van der Waals surface area (Å²) in [7, 11) is 0. The number of carbonyl (C=O) groups is 1. The number of halogens is 1. The van der Waals surface area contributed by atoms with Crippen LogP contribution in [0.15, 0.2) is 54.0 Å². The number of anilines is 3. The van der Waals surface area contributed by atoms with E-state index in [4.69, 9.17) is 0 Å². The summed E-state index contributed by atoms with van der Waals surface area (Å²) in [6, 6.07) is 8.27. The average Bonchev–Trinajstić information content (AvgIpc) is 2.84. The average molecular weight is 495 g/mol. The molecule has 3 aromatic rings. The summed E-state index contributed by atoms with van der Waals surface area (Å²) in [4.78, 5) is 37.0. The van der Waals surface area contributed by atoms with Crippen molar-refractivity contribution in [1.29, 1.82) is 0 Å². The Morgan fingerprint density at radius 1 is 1.23 bits per heavy atom. The SMILES string of the molecule is C=CC(=O)N1CC(CCn2c(=O)ccc3cnc(Nc4ccc(N5CCSCC5)c(F)c4)nc32)C1. The van der Waals surface area contributed by atoms with E-state index in [-0.39, 0.29) is 17.3 Å². The summed E-state index contributed by atoms with van der Waals surface area (Å²) in [5, 5.41) is 3.82. The smallest absolute Gasteiger partial charge is 0.252 e. The van der Waals surface area contributed by atoms with Crippen molar-refractivity contribution in [3.63, 3.8) is 0 Å². The molecule has 8 nitrogen and oxygen atoms in total. The van der Waals surface area contributed by atoms with E-state index in [1.54, 1.807) is 27.8 Å². The summed E-state index contributed by atoms with van der Waals surface area (Å²) in [5.41, 5.74) is 1.53. The highest BCUT2D eigenvalue weighted by atomic mass is 32.2. The molecule has 2 aliphatic rings. The van der Waals surface area contributed by atoms with Crippen molar-refractivity contribution in [2.75, 3.05) is 47.9 Å². The second-order valence-electron chi connectivity index (χ2n) is 8.79. The number of fused-ring (bicyclic) bond motifs is 1. The molecular formula is C25H27FN6O2S. The van der Waals surface area contributed by atoms with Gasteiger partial charge in [0.05, 0.1) is 5.69 Å². The summed E-state index contributed by atoms with van der Waals surface area (Å²) in [6.07, 6.45) is 3.74. The monoisotopic (exact) mass is 494 g/mol. The van der Waals surface area contributed by atoms with Crippen LogP contribution >= 0.6 is 11.8 Å². The first-order chi connectivity index (χ1) is 17.0. The second kappa shape index (κ2) is 10.1. The lowest BCUT2D eigenvalue weighted by molar-refractivity contribution is -0.132. The molecule has 0 unspecified atom stereocenters. The topological polar surface area (TPSA) is 83.4 Å². The van der Waals surface area contributed by atoms with E-state index in [0.29, 0.717) is 48.5 Å². The Morgan fingerprint density at radius 2 is 2.03 bits per heavy atom. The molecule has 4 heterocycles. The van der Waals surface area contributed by atoms with Gasteiger partial charge in [0.25, 0.3) is 5.56 Å². The molecule has 10 heteroatoms. The Labute approximate surface area is 206 Å². The fourth-order valence-electron chi connectivity index (χ4n) is 4.50.